The van der Waals surface area contributed by atoms with E-state index >= 15 is 0 Å². The van der Waals surface area contributed by atoms with Crippen LogP contribution in [0.5, 0.6) is 0 Å². The molecule has 1 aliphatic carbocycles. The third-order valence-corrected chi connectivity index (χ3v) is 6.23. The Bertz CT molecular complexity index is 821. The van der Waals surface area contributed by atoms with Crippen molar-refractivity contribution in [2.45, 2.75) is 51.0 Å². The van der Waals surface area contributed by atoms with Gasteiger partial charge in [-0.05, 0) is 35.1 Å². The van der Waals surface area contributed by atoms with Crippen molar-refractivity contribution in [3.05, 3.63) is 48.0 Å². The second-order valence-corrected chi connectivity index (χ2v) is 7.99. The van der Waals surface area contributed by atoms with Crippen LogP contribution in [0.25, 0.3) is 10.8 Å². The van der Waals surface area contributed by atoms with Crippen LogP contribution in [0.15, 0.2) is 42.5 Å². The number of amides is 2. The van der Waals surface area contributed by atoms with Gasteiger partial charge in [-0.2, -0.15) is 0 Å². The molecule has 4 rings (SSSR count). The molecule has 2 aromatic carbocycles. The summed E-state index contributed by atoms with van der Waals surface area (Å²) in [5.41, 5.74) is 1.24. The van der Waals surface area contributed by atoms with Crippen LogP contribution in [0.1, 0.15) is 44.1 Å². The highest BCUT2D eigenvalue weighted by molar-refractivity contribution is 6.35. The van der Waals surface area contributed by atoms with Gasteiger partial charge in [-0.3, -0.25) is 9.59 Å². The van der Waals surface area contributed by atoms with E-state index in [1.807, 2.05) is 11.0 Å². The van der Waals surface area contributed by atoms with Gasteiger partial charge in [-0.15, -0.1) is 0 Å². The predicted molar refractivity (Wildman–Crippen MR) is 107 cm³/mol. The average Bonchev–Trinajstić information content (AvgIpc) is 2.71. The van der Waals surface area contributed by atoms with Gasteiger partial charge >= 0.3 is 11.8 Å². The van der Waals surface area contributed by atoms with Crippen LogP contribution in [-0.2, 0) is 16.0 Å². The van der Waals surface area contributed by atoms with Crippen LogP contribution in [0.4, 0.5) is 0 Å². The molecule has 1 aliphatic heterocycles. The Balaban J connectivity index is 1.49. The maximum atomic E-state index is 12.6. The Morgan fingerprint density at radius 1 is 0.963 bits per heavy atom. The van der Waals surface area contributed by atoms with Crippen molar-refractivity contribution in [2.24, 2.45) is 5.92 Å². The lowest BCUT2D eigenvalue weighted by Gasteiger charge is -2.38. The third kappa shape index (κ3) is 4.00. The van der Waals surface area contributed by atoms with Crippen LogP contribution >= 0.6 is 0 Å². The molecule has 0 unspecified atom stereocenters. The van der Waals surface area contributed by atoms with Crippen LogP contribution in [-0.4, -0.2) is 35.8 Å². The molecule has 0 spiro atoms. The van der Waals surface area contributed by atoms with Gasteiger partial charge in [-0.1, -0.05) is 74.6 Å². The molecular weight excluding hydrogens is 336 g/mol. The van der Waals surface area contributed by atoms with E-state index < -0.39 is 5.91 Å². The number of nitrogens with one attached hydrogen (secondary N) is 1. The summed E-state index contributed by atoms with van der Waals surface area (Å²) in [6.07, 6.45) is 8.25. The zero-order chi connectivity index (χ0) is 18.6. The predicted octanol–water partition coefficient (Wildman–Crippen LogP) is 3.68. The Morgan fingerprint density at radius 2 is 1.74 bits per heavy atom. The SMILES string of the molecule is O=C1NC[C@H](CC2CCCCC2)N(CCc2cccc3ccccc23)C1=O. The standard InChI is InChI=1S/C23H28N2O2/c26-22-23(27)25(20(16-24-22)15-17-7-2-1-3-8-17)14-13-19-11-6-10-18-9-4-5-12-21(18)19/h4-6,9-12,17,20H,1-3,7-8,13-16H2,(H,24,26)/t20-/m0/s1. The van der Waals surface area contributed by atoms with Crippen LogP contribution < -0.4 is 5.32 Å². The fourth-order valence-corrected chi connectivity index (χ4v) is 4.75. The first-order valence-electron chi connectivity index (χ1n) is 10.3. The Kier molecular flexibility index (Phi) is 5.42. The third-order valence-electron chi connectivity index (χ3n) is 6.23. The molecule has 1 heterocycles. The second-order valence-electron chi connectivity index (χ2n) is 7.99. The van der Waals surface area contributed by atoms with Gasteiger partial charge in [0, 0.05) is 19.1 Å². The van der Waals surface area contributed by atoms with Crippen molar-refractivity contribution in [1.29, 1.82) is 0 Å². The molecule has 1 atom stereocenters. The zero-order valence-corrected chi connectivity index (χ0v) is 15.8. The Labute approximate surface area is 160 Å². The number of carbonyl (C=O) groups is 2. The van der Waals surface area contributed by atoms with E-state index in [4.69, 9.17) is 0 Å². The topological polar surface area (TPSA) is 49.4 Å². The summed E-state index contributed by atoms with van der Waals surface area (Å²) < 4.78 is 0. The molecule has 4 heteroatoms. The van der Waals surface area contributed by atoms with E-state index in [0.29, 0.717) is 19.0 Å². The quantitative estimate of drug-likeness (QED) is 0.823. The van der Waals surface area contributed by atoms with Crippen molar-refractivity contribution in [1.82, 2.24) is 10.2 Å². The van der Waals surface area contributed by atoms with Gasteiger partial charge in [0.2, 0.25) is 0 Å². The minimum absolute atomic E-state index is 0.133. The van der Waals surface area contributed by atoms with Crippen molar-refractivity contribution in [3.63, 3.8) is 0 Å². The van der Waals surface area contributed by atoms with Gasteiger partial charge in [-0.25, -0.2) is 0 Å². The second kappa shape index (κ2) is 8.12. The molecule has 0 aromatic heterocycles. The van der Waals surface area contributed by atoms with Crippen molar-refractivity contribution in [2.75, 3.05) is 13.1 Å². The van der Waals surface area contributed by atoms with Gasteiger partial charge < -0.3 is 10.2 Å². The zero-order valence-electron chi connectivity index (χ0n) is 15.8. The smallest absolute Gasteiger partial charge is 0.312 e. The summed E-state index contributed by atoms with van der Waals surface area (Å²) >= 11 is 0. The van der Waals surface area contributed by atoms with Crippen LogP contribution in [0, 0.1) is 5.92 Å². The number of fused-ring (bicyclic) bond motifs is 1. The van der Waals surface area contributed by atoms with Crippen LogP contribution in [0.3, 0.4) is 0 Å². The summed E-state index contributed by atoms with van der Waals surface area (Å²) in [5.74, 6) is -0.123. The van der Waals surface area contributed by atoms with Gasteiger partial charge in [0.25, 0.3) is 0 Å². The van der Waals surface area contributed by atoms with Gasteiger partial charge in [0.15, 0.2) is 0 Å². The number of benzene rings is 2. The Morgan fingerprint density at radius 3 is 2.59 bits per heavy atom. The maximum absolute atomic E-state index is 12.6. The molecule has 2 aromatic rings. The summed E-state index contributed by atoms with van der Waals surface area (Å²) in [5, 5.41) is 5.25. The van der Waals surface area contributed by atoms with Crippen molar-refractivity contribution < 1.29 is 9.59 Å². The van der Waals surface area contributed by atoms with E-state index in [-0.39, 0.29) is 11.9 Å². The lowest BCUT2D eigenvalue weighted by Crippen LogP contribution is -2.58. The summed E-state index contributed by atoms with van der Waals surface area (Å²) in [7, 11) is 0. The van der Waals surface area contributed by atoms with Crippen LogP contribution in [0.2, 0.25) is 0 Å². The number of nitrogens with zero attached hydrogens (tertiary/aromatic N) is 1. The summed E-state index contributed by atoms with van der Waals surface area (Å²) in [4.78, 5) is 26.4. The molecular formula is C23H28N2O2. The largest absolute Gasteiger partial charge is 0.346 e. The van der Waals surface area contributed by atoms with Crippen molar-refractivity contribution >= 4 is 22.6 Å². The highest BCUT2D eigenvalue weighted by Gasteiger charge is 2.35. The molecule has 27 heavy (non-hydrogen) atoms. The van der Waals surface area contributed by atoms with E-state index in [1.54, 1.807) is 0 Å². The summed E-state index contributed by atoms with van der Waals surface area (Å²) in [6, 6.07) is 14.8. The molecule has 4 nitrogen and oxygen atoms in total. The maximum Gasteiger partial charge on any atom is 0.312 e. The molecule has 0 radical (unpaired) electrons. The normalized spacial score (nSPS) is 21.5. The number of hydrogen-bond donors (Lipinski definition) is 1. The van der Waals surface area contributed by atoms with E-state index in [0.717, 1.165) is 12.8 Å². The van der Waals surface area contributed by atoms with Gasteiger partial charge in [0.05, 0.1) is 0 Å². The highest BCUT2D eigenvalue weighted by atomic mass is 16.2. The van der Waals surface area contributed by atoms with Crippen molar-refractivity contribution in [3.8, 4) is 0 Å². The fraction of sp³-hybridized carbons (Fsp3) is 0.478. The molecule has 2 aliphatic rings. The number of piperazine rings is 1. The lowest BCUT2D eigenvalue weighted by atomic mass is 9.84. The molecule has 1 saturated heterocycles. The van der Waals surface area contributed by atoms with E-state index in [2.05, 4.69) is 41.7 Å². The first-order valence-corrected chi connectivity index (χ1v) is 10.3. The molecule has 2 amide bonds. The Hall–Kier alpha value is -2.36. The monoisotopic (exact) mass is 364 g/mol. The lowest BCUT2D eigenvalue weighted by molar-refractivity contribution is -0.150. The van der Waals surface area contributed by atoms with E-state index in [1.165, 1.54) is 48.4 Å². The first-order chi connectivity index (χ1) is 13.2. The molecule has 2 fully saturated rings. The van der Waals surface area contributed by atoms with Gasteiger partial charge in [0.1, 0.15) is 0 Å². The minimum Gasteiger partial charge on any atom is -0.346 e. The fourth-order valence-electron chi connectivity index (χ4n) is 4.75. The summed E-state index contributed by atoms with van der Waals surface area (Å²) in [6.45, 7) is 1.20. The number of rotatable bonds is 5. The number of hydrogen-bond acceptors (Lipinski definition) is 2. The minimum atomic E-state index is -0.451. The first kappa shape index (κ1) is 18.0. The molecule has 1 saturated carbocycles. The molecule has 1 N–H and O–H groups in total. The number of carbonyl (C=O) groups excluding carboxylic acids is 2. The molecule has 0 bridgehead atoms. The van der Waals surface area contributed by atoms with E-state index in [9.17, 15) is 9.59 Å². The molecule has 142 valence electrons. The average molecular weight is 364 g/mol. The highest BCUT2D eigenvalue weighted by Crippen LogP contribution is 2.29.